The van der Waals surface area contributed by atoms with Crippen molar-refractivity contribution >= 4 is 22.6 Å². The number of imidazole rings is 1. The Hall–Kier alpha value is -3.61. The minimum absolute atomic E-state index is 0.191. The van der Waals surface area contributed by atoms with Crippen molar-refractivity contribution in [3.05, 3.63) is 60.0 Å². The van der Waals surface area contributed by atoms with Gasteiger partial charge in [0.15, 0.2) is 11.5 Å². The van der Waals surface area contributed by atoms with Gasteiger partial charge < -0.3 is 19.1 Å². The first-order chi connectivity index (χ1) is 13.6. The molecule has 2 aromatic carbocycles. The van der Waals surface area contributed by atoms with Crippen LogP contribution in [0.15, 0.2) is 53.1 Å². The minimum Gasteiger partial charge on any atom is -0.496 e. The summed E-state index contributed by atoms with van der Waals surface area (Å²) in [5, 5.41) is 6.74. The van der Waals surface area contributed by atoms with Gasteiger partial charge in [-0.2, -0.15) is 0 Å². The molecule has 0 saturated heterocycles. The summed E-state index contributed by atoms with van der Waals surface area (Å²) in [5.41, 5.74) is 3.44. The van der Waals surface area contributed by atoms with E-state index in [1.807, 2.05) is 49.5 Å². The number of nitrogens with zero attached hydrogens (tertiary/aromatic N) is 3. The molecule has 28 heavy (non-hydrogen) atoms. The first-order valence-corrected chi connectivity index (χ1v) is 8.97. The number of fused-ring (bicyclic) bond motifs is 1. The lowest BCUT2D eigenvalue weighted by molar-refractivity contribution is 0.101. The molecule has 0 spiro atoms. The van der Waals surface area contributed by atoms with Crippen LogP contribution in [0.1, 0.15) is 23.2 Å². The highest BCUT2D eigenvalue weighted by Crippen LogP contribution is 2.30. The molecule has 0 fully saturated rings. The molecule has 0 aliphatic heterocycles. The second-order valence-electron chi connectivity index (χ2n) is 6.37. The predicted octanol–water partition coefficient (Wildman–Crippen LogP) is 4.05. The van der Waals surface area contributed by atoms with Crippen LogP contribution < -0.4 is 10.1 Å². The van der Waals surface area contributed by atoms with Crippen LogP contribution in [0.2, 0.25) is 0 Å². The third-order valence-electron chi connectivity index (χ3n) is 4.66. The van der Waals surface area contributed by atoms with Gasteiger partial charge in [0.2, 0.25) is 0 Å². The van der Waals surface area contributed by atoms with E-state index < -0.39 is 0 Å². The molecule has 0 unspecified atom stereocenters. The molecule has 7 heteroatoms. The summed E-state index contributed by atoms with van der Waals surface area (Å²) in [7, 11) is 3.57. The van der Waals surface area contributed by atoms with Crippen molar-refractivity contribution < 1.29 is 14.1 Å². The number of aryl methyl sites for hydroxylation is 2. The SMILES string of the molecule is CCc1nc2cc(NC(=O)c3cc(-c4ccccc4OC)on3)ccc2n1C. The first kappa shape index (κ1) is 17.8. The molecule has 0 saturated carbocycles. The molecule has 4 aromatic rings. The maximum Gasteiger partial charge on any atom is 0.277 e. The van der Waals surface area contributed by atoms with Crippen LogP contribution in [-0.4, -0.2) is 27.7 Å². The standard InChI is InChI=1S/C21H20N4O3/c1-4-20-23-15-11-13(9-10-17(15)25(20)2)22-21(26)16-12-19(28-24-16)14-7-5-6-8-18(14)27-3/h5-12H,4H2,1-3H3,(H,22,26). The zero-order valence-electron chi connectivity index (χ0n) is 15.9. The van der Waals surface area contributed by atoms with Crippen molar-refractivity contribution in [3.63, 3.8) is 0 Å². The number of carbonyl (C=O) groups is 1. The topological polar surface area (TPSA) is 82.2 Å². The second kappa shape index (κ2) is 7.19. The molecule has 2 aromatic heterocycles. The zero-order valence-corrected chi connectivity index (χ0v) is 15.9. The van der Waals surface area contributed by atoms with E-state index in [1.54, 1.807) is 13.2 Å². The van der Waals surface area contributed by atoms with Gasteiger partial charge in [-0.05, 0) is 30.3 Å². The van der Waals surface area contributed by atoms with Crippen molar-refractivity contribution in [3.8, 4) is 17.1 Å². The van der Waals surface area contributed by atoms with Crippen LogP contribution in [0.3, 0.4) is 0 Å². The molecule has 0 radical (unpaired) electrons. The third kappa shape index (κ3) is 3.11. The Bertz CT molecular complexity index is 1160. The normalized spacial score (nSPS) is 11.0. The number of amides is 1. The third-order valence-corrected chi connectivity index (χ3v) is 4.66. The molecule has 2 heterocycles. The van der Waals surface area contributed by atoms with Crippen LogP contribution in [0.25, 0.3) is 22.4 Å². The molecule has 1 amide bonds. The zero-order chi connectivity index (χ0) is 19.7. The van der Waals surface area contributed by atoms with Crippen LogP contribution in [0.5, 0.6) is 5.75 Å². The maximum absolute atomic E-state index is 12.6. The Labute approximate surface area is 161 Å². The molecular weight excluding hydrogens is 356 g/mol. The highest BCUT2D eigenvalue weighted by atomic mass is 16.5. The van der Waals surface area contributed by atoms with E-state index in [1.165, 1.54) is 0 Å². The van der Waals surface area contributed by atoms with Gasteiger partial charge in [-0.15, -0.1) is 0 Å². The predicted molar refractivity (Wildman–Crippen MR) is 107 cm³/mol. The summed E-state index contributed by atoms with van der Waals surface area (Å²) in [6.45, 7) is 2.06. The van der Waals surface area contributed by atoms with Gasteiger partial charge in [0, 0.05) is 25.2 Å². The Kier molecular flexibility index (Phi) is 4.57. The molecule has 4 rings (SSSR count). The maximum atomic E-state index is 12.6. The minimum atomic E-state index is -0.351. The number of anilines is 1. The highest BCUT2D eigenvalue weighted by Gasteiger charge is 2.17. The number of methoxy groups -OCH3 is 1. The Morgan fingerprint density at radius 3 is 2.82 bits per heavy atom. The number of rotatable bonds is 5. The van der Waals surface area contributed by atoms with E-state index >= 15 is 0 Å². The van der Waals surface area contributed by atoms with E-state index in [-0.39, 0.29) is 11.6 Å². The van der Waals surface area contributed by atoms with Gasteiger partial charge in [0.1, 0.15) is 11.6 Å². The van der Waals surface area contributed by atoms with Crippen LogP contribution >= 0.6 is 0 Å². The van der Waals surface area contributed by atoms with Crippen molar-refractivity contribution in [1.82, 2.24) is 14.7 Å². The molecule has 7 nitrogen and oxygen atoms in total. The first-order valence-electron chi connectivity index (χ1n) is 8.97. The van der Waals surface area contributed by atoms with Gasteiger partial charge in [-0.25, -0.2) is 4.98 Å². The monoisotopic (exact) mass is 376 g/mol. The van der Waals surface area contributed by atoms with Gasteiger partial charge in [-0.3, -0.25) is 4.79 Å². The van der Waals surface area contributed by atoms with Gasteiger partial charge in [0.05, 0.1) is 23.7 Å². The molecule has 0 aliphatic rings. The number of benzene rings is 2. The number of nitrogens with one attached hydrogen (secondary N) is 1. The number of carbonyl (C=O) groups excluding carboxylic acids is 1. The lowest BCUT2D eigenvalue weighted by atomic mass is 10.1. The molecule has 1 N–H and O–H groups in total. The average molecular weight is 376 g/mol. The molecule has 0 bridgehead atoms. The summed E-state index contributed by atoms with van der Waals surface area (Å²) in [6, 6.07) is 14.7. The highest BCUT2D eigenvalue weighted by molar-refractivity contribution is 6.04. The van der Waals surface area contributed by atoms with Crippen LogP contribution in [-0.2, 0) is 13.5 Å². The summed E-state index contributed by atoms with van der Waals surface area (Å²) in [5.74, 6) is 1.76. The number of para-hydroxylation sites is 1. The summed E-state index contributed by atoms with van der Waals surface area (Å²) < 4.78 is 12.7. The van der Waals surface area contributed by atoms with Gasteiger partial charge in [-0.1, -0.05) is 24.2 Å². The number of ether oxygens (including phenoxy) is 1. The average Bonchev–Trinajstić information content (AvgIpc) is 3.33. The fraction of sp³-hybridized carbons (Fsp3) is 0.190. The van der Waals surface area contributed by atoms with Crippen molar-refractivity contribution in [2.45, 2.75) is 13.3 Å². The van der Waals surface area contributed by atoms with Crippen molar-refractivity contribution in [2.24, 2.45) is 7.05 Å². The molecular formula is C21H20N4O3. The molecule has 0 atom stereocenters. The van der Waals surface area contributed by atoms with E-state index in [9.17, 15) is 4.79 Å². The quantitative estimate of drug-likeness (QED) is 0.568. The van der Waals surface area contributed by atoms with E-state index in [0.717, 1.165) is 28.8 Å². The smallest absolute Gasteiger partial charge is 0.277 e. The second-order valence-corrected chi connectivity index (χ2v) is 6.37. The summed E-state index contributed by atoms with van der Waals surface area (Å²) >= 11 is 0. The Morgan fingerprint density at radius 1 is 1.21 bits per heavy atom. The number of hydrogen-bond donors (Lipinski definition) is 1. The number of hydrogen-bond acceptors (Lipinski definition) is 5. The van der Waals surface area contributed by atoms with Crippen molar-refractivity contribution in [1.29, 1.82) is 0 Å². The van der Waals surface area contributed by atoms with Crippen LogP contribution in [0, 0.1) is 0 Å². The lowest BCUT2D eigenvalue weighted by Crippen LogP contribution is -2.12. The summed E-state index contributed by atoms with van der Waals surface area (Å²) in [4.78, 5) is 17.2. The van der Waals surface area contributed by atoms with E-state index in [2.05, 4.69) is 26.9 Å². The van der Waals surface area contributed by atoms with E-state index in [0.29, 0.717) is 17.2 Å². The van der Waals surface area contributed by atoms with Gasteiger partial charge in [0.25, 0.3) is 5.91 Å². The van der Waals surface area contributed by atoms with Crippen LogP contribution in [0.4, 0.5) is 5.69 Å². The largest absolute Gasteiger partial charge is 0.496 e. The summed E-state index contributed by atoms with van der Waals surface area (Å²) in [6.07, 6.45) is 0.845. The fourth-order valence-electron chi connectivity index (χ4n) is 3.20. The number of aromatic nitrogens is 3. The molecule has 0 aliphatic carbocycles. The fourth-order valence-corrected chi connectivity index (χ4v) is 3.20. The Balaban J connectivity index is 1.57. The van der Waals surface area contributed by atoms with E-state index in [4.69, 9.17) is 9.26 Å². The molecule has 142 valence electrons. The Morgan fingerprint density at radius 2 is 2.04 bits per heavy atom. The lowest BCUT2D eigenvalue weighted by Gasteiger charge is -2.04. The van der Waals surface area contributed by atoms with Crippen molar-refractivity contribution in [2.75, 3.05) is 12.4 Å². The van der Waals surface area contributed by atoms with Gasteiger partial charge >= 0.3 is 0 Å².